The summed E-state index contributed by atoms with van der Waals surface area (Å²) in [5.74, 6) is 1.18. The standard InChI is InChI=1S/C33H36N2O2/c1-5-35(4)33(36)30-19-25(18-17-22(30)2)31-20-26(37-32-16-9-8-14-29(31)32)21-34-23(3)27-15-10-12-24-11-6-7-13-28(24)27/h6-19,23,26,31,34H,5,20-21H2,1-4H3/t23?,26-,31+/m1/s1. The van der Waals surface area contributed by atoms with E-state index in [0.717, 1.165) is 29.8 Å². The predicted octanol–water partition coefficient (Wildman–Crippen LogP) is 6.87. The molecule has 1 aliphatic heterocycles. The number of nitrogens with one attached hydrogen (secondary N) is 1. The minimum absolute atomic E-state index is 0.0242. The predicted molar refractivity (Wildman–Crippen MR) is 151 cm³/mol. The van der Waals surface area contributed by atoms with Crippen molar-refractivity contribution in [3.05, 3.63) is 113 Å². The second kappa shape index (κ2) is 10.8. The molecule has 0 saturated carbocycles. The molecule has 4 nitrogen and oxygen atoms in total. The number of carbonyl (C=O) groups is 1. The third kappa shape index (κ3) is 5.12. The van der Waals surface area contributed by atoms with Crippen LogP contribution in [-0.4, -0.2) is 37.0 Å². The average molecular weight is 493 g/mol. The number of ether oxygens (including phenoxy) is 1. The van der Waals surface area contributed by atoms with Gasteiger partial charge in [0.15, 0.2) is 0 Å². The van der Waals surface area contributed by atoms with Crippen molar-refractivity contribution < 1.29 is 9.53 Å². The number of fused-ring (bicyclic) bond motifs is 2. The molecule has 0 aromatic heterocycles. The number of benzene rings is 4. The van der Waals surface area contributed by atoms with Gasteiger partial charge in [-0.05, 0) is 66.8 Å². The number of nitrogens with zero attached hydrogens (tertiary/aromatic N) is 1. The summed E-state index contributed by atoms with van der Waals surface area (Å²) in [7, 11) is 1.86. The zero-order chi connectivity index (χ0) is 25.9. The minimum Gasteiger partial charge on any atom is -0.489 e. The molecule has 5 rings (SSSR count). The number of rotatable bonds is 7. The Morgan fingerprint density at radius 1 is 1.03 bits per heavy atom. The summed E-state index contributed by atoms with van der Waals surface area (Å²) in [6, 6.07) is 29.9. The smallest absolute Gasteiger partial charge is 0.253 e. The molecule has 1 N–H and O–H groups in total. The van der Waals surface area contributed by atoms with Crippen LogP contribution in [-0.2, 0) is 0 Å². The van der Waals surface area contributed by atoms with Gasteiger partial charge in [-0.25, -0.2) is 0 Å². The van der Waals surface area contributed by atoms with Crippen molar-refractivity contribution in [2.24, 2.45) is 0 Å². The normalized spacial score (nSPS) is 17.6. The number of hydrogen-bond acceptors (Lipinski definition) is 3. The maximum atomic E-state index is 13.0. The molecule has 0 saturated heterocycles. The molecule has 4 aromatic carbocycles. The van der Waals surface area contributed by atoms with Crippen LogP contribution in [0, 0.1) is 6.92 Å². The van der Waals surface area contributed by atoms with Gasteiger partial charge < -0.3 is 15.0 Å². The van der Waals surface area contributed by atoms with Crippen LogP contribution >= 0.6 is 0 Å². The Bertz CT molecular complexity index is 1410. The SMILES string of the molecule is CCN(C)C(=O)c1cc([C@@H]2C[C@H](CNC(C)c3cccc4ccccc34)Oc3ccccc32)ccc1C. The number of carbonyl (C=O) groups excluding carboxylic acids is 1. The highest BCUT2D eigenvalue weighted by Gasteiger charge is 2.30. The Morgan fingerprint density at radius 3 is 2.62 bits per heavy atom. The van der Waals surface area contributed by atoms with Gasteiger partial charge in [-0.15, -0.1) is 0 Å². The van der Waals surface area contributed by atoms with Gasteiger partial charge in [-0.3, -0.25) is 4.79 Å². The van der Waals surface area contributed by atoms with Crippen LogP contribution in [0.25, 0.3) is 10.8 Å². The molecule has 4 aromatic rings. The lowest BCUT2D eigenvalue weighted by Crippen LogP contribution is -2.37. The van der Waals surface area contributed by atoms with E-state index in [9.17, 15) is 4.79 Å². The summed E-state index contributed by atoms with van der Waals surface area (Å²) in [6.07, 6.45) is 0.878. The molecule has 0 aliphatic carbocycles. The summed E-state index contributed by atoms with van der Waals surface area (Å²) >= 11 is 0. The van der Waals surface area contributed by atoms with Crippen LogP contribution in [0.3, 0.4) is 0 Å². The fourth-order valence-electron chi connectivity index (χ4n) is 5.42. The van der Waals surface area contributed by atoms with Gasteiger partial charge >= 0.3 is 0 Å². The molecule has 1 aliphatic rings. The number of aryl methyl sites for hydroxylation is 1. The third-order valence-corrected chi connectivity index (χ3v) is 7.74. The van der Waals surface area contributed by atoms with E-state index in [4.69, 9.17) is 4.74 Å². The Kier molecular flexibility index (Phi) is 7.29. The number of amides is 1. The molecule has 190 valence electrons. The monoisotopic (exact) mass is 492 g/mol. The number of hydrogen-bond donors (Lipinski definition) is 1. The Hall–Kier alpha value is -3.63. The highest BCUT2D eigenvalue weighted by molar-refractivity contribution is 5.95. The molecular weight excluding hydrogens is 456 g/mol. The van der Waals surface area contributed by atoms with Gasteiger partial charge in [0.1, 0.15) is 11.9 Å². The lowest BCUT2D eigenvalue weighted by molar-refractivity contribution is 0.0801. The molecule has 0 spiro atoms. The van der Waals surface area contributed by atoms with Crippen molar-refractivity contribution in [2.45, 2.75) is 45.3 Å². The van der Waals surface area contributed by atoms with Crippen LogP contribution in [0.5, 0.6) is 5.75 Å². The highest BCUT2D eigenvalue weighted by atomic mass is 16.5. The van der Waals surface area contributed by atoms with E-state index in [1.165, 1.54) is 27.5 Å². The highest BCUT2D eigenvalue weighted by Crippen LogP contribution is 2.41. The Labute approximate surface area is 220 Å². The fourth-order valence-corrected chi connectivity index (χ4v) is 5.42. The lowest BCUT2D eigenvalue weighted by Gasteiger charge is -2.34. The number of para-hydroxylation sites is 1. The maximum Gasteiger partial charge on any atom is 0.253 e. The molecule has 0 bridgehead atoms. The zero-order valence-corrected chi connectivity index (χ0v) is 22.2. The summed E-state index contributed by atoms with van der Waals surface area (Å²) in [5, 5.41) is 6.28. The molecule has 4 heteroatoms. The second-order valence-electron chi connectivity index (χ2n) is 10.2. The summed E-state index contributed by atoms with van der Waals surface area (Å²) in [5.41, 5.74) is 5.45. The van der Waals surface area contributed by atoms with E-state index in [1.807, 2.05) is 27.0 Å². The van der Waals surface area contributed by atoms with Crippen molar-refractivity contribution >= 4 is 16.7 Å². The van der Waals surface area contributed by atoms with E-state index in [2.05, 4.69) is 91.1 Å². The Morgan fingerprint density at radius 2 is 1.78 bits per heavy atom. The maximum absolute atomic E-state index is 13.0. The van der Waals surface area contributed by atoms with Gasteiger partial charge in [-0.1, -0.05) is 72.8 Å². The molecule has 1 amide bonds. The van der Waals surface area contributed by atoms with Crippen molar-refractivity contribution in [2.75, 3.05) is 20.1 Å². The quantitative estimate of drug-likeness (QED) is 0.306. The molecule has 37 heavy (non-hydrogen) atoms. The van der Waals surface area contributed by atoms with Crippen LogP contribution in [0.1, 0.15) is 64.8 Å². The molecule has 3 atom stereocenters. The topological polar surface area (TPSA) is 41.6 Å². The summed E-state index contributed by atoms with van der Waals surface area (Å²) < 4.78 is 6.48. The molecule has 0 fully saturated rings. The zero-order valence-electron chi connectivity index (χ0n) is 22.2. The average Bonchev–Trinajstić information content (AvgIpc) is 2.94. The van der Waals surface area contributed by atoms with Gasteiger partial charge in [-0.2, -0.15) is 0 Å². The van der Waals surface area contributed by atoms with Gasteiger partial charge in [0.05, 0.1) is 0 Å². The van der Waals surface area contributed by atoms with E-state index >= 15 is 0 Å². The minimum atomic E-state index is 0.0242. The molecular formula is C33H36N2O2. The van der Waals surface area contributed by atoms with Crippen molar-refractivity contribution in [3.8, 4) is 5.75 Å². The van der Waals surface area contributed by atoms with E-state index < -0.39 is 0 Å². The van der Waals surface area contributed by atoms with Crippen LogP contribution in [0.2, 0.25) is 0 Å². The van der Waals surface area contributed by atoms with Crippen molar-refractivity contribution in [1.29, 1.82) is 0 Å². The first kappa shape index (κ1) is 25.0. The summed E-state index contributed by atoms with van der Waals surface area (Å²) in [4.78, 5) is 14.8. The fraction of sp³-hybridized carbons (Fsp3) is 0.303. The first-order valence-corrected chi connectivity index (χ1v) is 13.3. The van der Waals surface area contributed by atoms with E-state index in [0.29, 0.717) is 6.54 Å². The third-order valence-electron chi connectivity index (χ3n) is 7.74. The van der Waals surface area contributed by atoms with Crippen LogP contribution in [0.4, 0.5) is 0 Å². The first-order valence-electron chi connectivity index (χ1n) is 13.3. The van der Waals surface area contributed by atoms with E-state index in [-0.39, 0.29) is 24.0 Å². The van der Waals surface area contributed by atoms with Gasteiger partial charge in [0.25, 0.3) is 5.91 Å². The van der Waals surface area contributed by atoms with E-state index in [1.54, 1.807) is 4.90 Å². The summed E-state index contributed by atoms with van der Waals surface area (Å²) in [6.45, 7) is 7.66. The second-order valence-corrected chi connectivity index (χ2v) is 10.2. The van der Waals surface area contributed by atoms with Crippen molar-refractivity contribution in [1.82, 2.24) is 10.2 Å². The van der Waals surface area contributed by atoms with Gasteiger partial charge in [0.2, 0.25) is 0 Å². The van der Waals surface area contributed by atoms with Crippen LogP contribution < -0.4 is 10.1 Å². The lowest BCUT2D eigenvalue weighted by atomic mass is 9.83. The molecule has 0 radical (unpaired) electrons. The molecule has 1 heterocycles. The molecule has 1 unspecified atom stereocenters. The van der Waals surface area contributed by atoms with Crippen molar-refractivity contribution in [3.63, 3.8) is 0 Å². The largest absolute Gasteiger partial charge is 0.489 e. The van der Waals surface area contributed by atoms with Crippen LogP contribution in [0.15, 0.2) is 84.9 Å². The van der Waals surface area contributed by atoms with Gasteiger partial charge in [0, 0.05) is 43.2 Å². The first-order chi connectivity index (χ1) is 18.0. The Balaban J connectivity index is 1.39.